The summed E-state index contributed by atoms with van der Waals surface area (Å²) in [5, 5.41) is 0. The van der Waals surface area contributed by atoms with Crippen molar-refractivity contribution < 1.29 is 9.53 Å². The second-order valence-corrected chi connectivity index (χ2v) is 4.93. The van der Waals surface area contributed by atoms with Crippen molar-refractivity contribution in [2.75, 3.05) is 6.61 Å². The predicted molar refractivity (Wildman–Crippen MR) is 78.7 cm³/mol. The quantitative estimate of drug-likeness (QED) is 0.797. The molecule has 0 saturated heterocycles. The molecular formula is C17H15NO2. The highest BCUT2D eigenvalue weighted by atomic mass is 16.5. The lowest BCUT2D eigenvalue weighted by Gasteiger charge is -2.04. The van der Waals surface area contributed by atoms with Gasteiger partial charge in [0.25, 0.3) is 0 Å². The van der Waals surface area contributed by atoms with Crippen LogP contribution in [0.3, 0.4) is 0 Å². The molecule has 1 aliphatic rings. The Labute approximate surface area is 117 Å². The van der Waals surface area contributed by atoms with Crippen LogP contribution in [0.2, 0.25) is 0 Å². The molecule has 0 spiro atoms. The standard InChI is InChI=1S/C17H15NO2/c1-12-6-8-13(9-7-12)17(19)20-11-15-10-14-4-2-3-5-16(14)18-15/h2-9H,10-11H2,1H3. The molecule has 100 valence electrons. The summed E-state index contributed by atoms with van der Waals surface area (Å²) < 4.78 is 5.31. The summed E-state index contributed by atoms with van der Waals surface area (Å²) >= 11 is 0. The monoisotopic (exact) mass is 265 g/mol. The molecule has 1 heterocycles. The number of aliphatic imine (C=N–C) groups is 1. The van der Waals surface area contributed by atoms with E-state index in [9.17, 15) is 4.79 Å². The van der Waals surface area contributed by atoms with Gasteiger partial charge in [0.15, 0.2) is 0 Å². The van der Waals surface area contributed by atoms with Crippen molar-refractivity contribution in [2.45, 2.75) is 13.3 Å². The fourth-order valence-corrected chi connectivity index (χ4v) is 2.20. The molecule has 0 aromatic heterocycles. The smallest absolute Gasteiger partial charge is 0.338 e. The molecular weight excluding hydrogens is 250 g/mol. The van der Waals surface area contributed by atoms with E-state index in [0.29, 0.717) is 5.56 Å². The Morgan fingerprint density at radius 3 is 2.65 bits per heavy atom. The Hall–Kier alpha value is -2.42. The normalized spacial score (nSPS) is 12.8. The molecule has 0 N–H and O–H groups in total. The SMILES string of the molecule is Cc1ccc(C(=O)OCC2=Nc3ccccc3C2)cc1. The number of ether oxygens (including phenoxy) is 1. The minimum Gasteiger partial charge on any atom is -0.456 e. The van der Waals surface area contributed by atoms with E-state index in [1.807, 2.05) is 43.3 Å². The van der Waals surface area contributed by atoms with Crippen LogP contribution in [-0.4, -0.2) is 18.3 Å². The van der Waals surface area contributed by atoms with Gasteiger partial charge in [-0.15, -0.1) is 0 Å². The maximum absolute atomic E-state index is 11.9. The number of carbonyl (C=O) groups excluding carboxylic acids is 1. The van der Waals surface area contributed by atoms with Crippen LogP contribution in [0.25, 0.3) is 0 Å². The molecule has 3 rings (SSSR count). The van der Waals surface area contributed by atoms with Gasteiger partial charge < -0.3 is 4.74 Å². The van der Waals surface area contributed by atoms with Crippen molar-refractivity contribution in [1.82, 2.24) is 0 Å². The van der Waals surface area contributed by atoms with E-state index in [2.05, 4.69) is 4.99 Å². The minimum atomic E-state index is -0.302. The Morgan fingerprint density at radius 2 is 1.90 bits per heavy atom. The van der Waals surface area contributed by atoms with Crippen LogP contribution in [0.4, 0.5) is 5.69 Å². The summed E-state index contributed by atoms with van der Waals surface area (Å²) in [6.45, 7) is 2.24. The molecule has 0 atom stereocenters. The van der Waals surface area contributed by atoms with Crippen LogP contribution in [0.1, 0.15) is 21.5 Å². The van der Waals surface area contributed by atoms with Gasteiger partial charge in [-0.1, -0.05) is 35.9 Å². The summed E-state index contributed by atoms with van der Waals surface area (Å²) in [6.07, 6.45) is 0.761. The van der Waals surface area contributed by atoms with Gasteiger partial charge in [0.1, 0.15) is 6.61 Å². The highest BCUT2D eigenvalue weighted by molar-refractivity contribution is 5.97. The molecule has 0 bridgehead atoms. The molecule has 2 aromatic rings. The second kappa shape index (κ2) is 5.29. The summed E-state index contributed by atoms with van der Waals surface area (Å²) in [7, 11) is 0. The largest absolute Gasteiger partial charge is 0.456 e. The number of nitrogens with zero attached hydrogens (tertiary/aromatic N) is 1. The molecule has 0 aliphatic carbocycles. The number of hydrogen-bond donors (Lipinski definition) is 0. The first-order chi connectivity index (χ1) is 9.72. The summed E-state index contributed by atoms with van der Waals surface area (Å²) in [5.41, 5.74) is 4.76. The topological polar surface area (TPSA) is 38.7 Å². The number of para-hydroxylation sites is 1. The summed E-state index contributed by atoms with van der Waals surface area (Å²) in [6, 6.07) is 15.3. The molecule has 2 aromatic carbocycles. The molecule has 3 nitrogen and oxygen atoms in total. The van der Waals surface area contributed by atoms with Gasteiger partial charge in [0.05, 0.1) is 17.0 Å². The van der Waals surface area contributed by atoms with Crippen LogP contribution in [0.5, 0.6) is 0 Å². The Kier molecular flexibility index (Phi) is 3.33. The molecule has 20 heavy (non-hydrogen) atoms. The highest BCUT2D eigenvalue weighted by Gasteiger charge is 2.15. The van der Waals surface area contributed by atoms with Gasteiger partial charge in [0.2, 0.25) is 0 Å². The van der Waals surface area contributed by atoms with E-state index in [1.54, 1.807) is 12.1 Å². The Morgan fingerprint density at radius 1 is 1.15 bits per heavy atom. The average Bonchev–Trinajstić information content (AvgIpc) is 2.88. The third-order valence-electron chi connectivity index (χ3n) is 3.32. The zero-order valence-corrected chi connectivity index (χ0v) is 11.3. The van der Waals surface area contributed by atoms with E-state index in [0.717, 1.165) is 23.4 Å². The maximum Gasteiger partial charge on any atom is 0.338 e. The Balaban J connectivity index is 1.61. The molecule has 0 amide bonds. The van der Waals surface area contributed by atoms with Crippen LogP contribution in [-0.2, 0) is 11.2 Å². The summed E-state index contributed by atoms with van der Waals surface area (Å²) in [5.74, 6) is -0.302. The first-order valence-electron chi connectivity index (χ1n) is 6.60. The number of aryl methyl sites for hydroxylation is 1. The fourth-order valence-electron chi connectivity index (χ4n) is 2.20. The van der Waals surface area contributed by atoms with Crippen molar-refractivity contribution >= 4 is 17.4 Å². The zero-order chi connectivity index (χ0) is 13.9. The zero-order valence-electron chi connectivity index (χ0n) is 11.3. The van der Waals surface area contributed by atoms with Gasteiger partial charge >= 0.3 is 5.97 Å². The third-order valence-corrected chi connectivity index (χ3v) is 3.32. The van der Waals surface area contributed by atoms with Crippen LogP contribution in [0.15, 0.2) is 53.5 Å². The predicted octanol–water partition coefficient (Wildman–Crippen LogP) is 3.48. The maximum atomic E-state index is 11.9. The van der Waals surface area contributed by atoms with E-state index in [-0.39, 0.29) is 12.6 Å². The number of fused-ring (bicyclic) bond motifs is 1. The van der Waals surface area contributed by atoms with Crippen molar-refractivity contribution in [2.24, 2.45) is 4.99 Å². The van der Waals surface area contributed by atoms with Crippen molar-refractivity contribution in [3.05, 3.63) is 65.2 Å². The van der Waals surface area contributed by atoms with Crippen LogP contribution >= 0.6 is 0 Å². The van der Waals surface area contributed by atoms with E-state index in [4.69, 9.17) is 4.74 Å². The second-order valence-electron chi connectivity index (χ2n) is 4.93. The van der Waals surface area contributed by atoms with Gasteiger partial charge in [-0.05, 0) is 30.7 Å². The van der Waals surface area contributed by atoms with Gasteiger partial charge in [-0.25, -0.2) is 4.79 Å². The minimum absolute atomic E-state index is 0.251. The third kappa shape index (κ3) is 2.62. The molecule has 0 saturated carbocycles. The lowest BCUT2D eigenvalue weighted by Crippen LogP contribution is -2.14. The first kappa shape index (κ1) is 12.6. The van der Waals surface area contributed by atoms with E-state index in [1.165, 1.54) is 5.56 Å². The molecule has 0 radical (unpaired) electrons. The first-order valence-corrected chi connectivity index (χ1v) is 6.60. The summed E-state index contributed by atoms with van der Waals surface area (Å²) in [4.78, 5) is 16.4. The average molecular weight is 265 g/mol. The number of hydrogen-bond acceptors (Lipinski definition) is 3. The van der Waals surface area contributed by atoms with Crippen molar-refractivity contribution in [1.29, 1.82) is 0 Å². The van der Waals surface area contributed by atoms with Crippen LogP contribution in [0, 0.1) is 6.92 Å². The molecule has 0 unspecified atom stereocenters. The van der Waals surface area contributed by atoms with E-state index >= 15 is 0 Å². The lowest BCUT2D eigenvalue weighted by molar-refractivity contribution is 0.0562. The van der Waals surface area contributed by atoms with Crippen molar-refractivity contribution in [3.63, 3.8) is 0 Å². The van der Waals surface area contributed by atoms with Gasteiger partial charge in [-0.3, -0.25) is 4.99 Å². The highest BCUT2D eigenvalue weighted by Crippen LogP contribution is 2.25. The Bertz CT molecular complexity index is 672. The molecule has 3 heteroatoms. The number of carbonyl (C=O) groups is 1. The van der Waals surface area contributed by atoms with Crippen molar-refractivity contribution in [3.8, 4) is 0 Å². The number of rotatable bonds is 3. The van der Waals surface area contributed by atoms with Gasteiger partial charge in [0, 0.05) is 6.42 Å². The molecule has 0 fully saturated rings. The number of esters is 1. The van der Waals surface area contributed by atoms with E-state index < -0.39 is 0 Å². The number of benzene rings is 2. The molecule has 1 aliphatic heterocycles. The van der Waals surface area contributed by atoms with Gasteiger partial charge in [-0.2, -0.15) is 0 Å². The van der Waals surface area contributed by atoms with Crippen LogP contribution < -0.4 is 0 Å². The fraction of sp³-hybridized carbons (Fsp3) is 0.176. The lowest BCUT2D eigenvalue weighted by atomic mass is 10.1.